The summed E-state index contributed by atoms with van der Waals surface area (Å²) in [6, 6.07) is 17.6. The zero-order valence-electron chi connectivity index (χ0n) is 15.6. The molecule has 1 fully saturated rings. The first kappa shape index (κ1) is 20.0. The van der Waals surface area contributed by atoms with E-state index in [2.05, 4.69) is 10.6 Å². The largest absolute Gasteiger partial charge is 0.388 e. The van der Waals surface area contributed by atoms with Gasteiger partial charge in [0.15, 0.2) is 0 Å². The van der Waals surface area contributed by atoms with Gasteiger partial charge in [-0.1, -0.05) is 60.7 Å². The van der Waals surface area contributed by atoms with Gasteiger partial charge in [0.1, 0.15) is 12.2 Å². The first-order valence-corrected chi connectivity index (χ1v) is 9.55. The van der Waals surface area contributed by atoms with Crippen molar-refractivity contribution in [2.45, 2.75) is 50.0 Å². The van der Waals surface area contributed by atoms with Gasteiger partial charge in [-0.3, -0.25) is 9.59 Å². The quantitative estimate of drug-likeness (QED) is 0.598. The lowest BCUT2D eigenvalue weighted by molar-refractivity contribution is -0.128. The van der Waals surface area contributed by atoms with Gasteiger partial charge in [-0.05, 0) is 24.0 Å². The second-order valence-electron chi connectivity index (χ2n) is 7.23. The van der Waals surface area contributed by atoms with Crippen LogP contribution in [0.2, 0.25) is 0 Å². The predicted octanol–water partition coefficient (Wildman–Crippen LogP) is 0.957. The molecule has 0 unspecified atom stereocenters. The average molecular weight is 382 g/mol. The van der Waals surface area contributed by atoms with Gasteiger partial charge >= 0.3 is 0 Å². The summed E-state index contributed by atoms with van der Waals surface area (Å²) in [5.41, 5.74) is 1.77. The van der Waals surface area contributed by atoms with Crippen LogP contribution < -0.4 is 10.6 Å². The number of aliphatic hydroxyl groups is 2. The number of hydrogen-bond acceptors (Lipinski definition) is 4. The normalized spacial score (nSPS) is 24.4. The van der Waals surface area contributed by atoms with Gasteiger partial charge in [0, 0.05) is 0 Å². The van der Waals surface area contributed by atoms with E-state index in [1.165, 1.54) is 0 Å². The van der Waals surface area contributed by atoms with E-state index in [1.807, 2.05) is 60.7 Å². The second kappa shape index (κ2) is 9.48. The summed E-state index contributed by atoms with van der Waals surface area (Å²) in [5, 5.41) is 26.4. The molecule has 6 nitrogen and oxygen atoms in total. The van der Waals surface area contributed by atoms with Crippen LogP contribution in [0, 0.1) is 0 Å². The molecular formula is C22H26N2O4. The number of aliphatic hydroxyl groups excluding tert-OH is 2. The molecular weight excluding hydrogens is 356 g/mol. The van der Waals surface area contributed by atoms with Gasteiger partial charge in [0.25, 0.3) is 0 Å². The van der Waals surface area contributed by atoms with E-state index in [4.69, 9.17) is 0 Å². The molecule has 0 radical (unpaired) electrons. The smallest absolute Gasteiger partial charge is 0.224 e. The fourth-order valence-corrected chi connectivity index (χ4v) is 3.57. The standard InChI is InChI=1S/C22H26N2O4/c25-19(13-15-7-3-1-4-8-15)23-17-11-12-18(22(28)21(17)27)24-20(26)14-16-9-5-2-6-10-16/h1-10,17-18,21-22,27-28H,11-14H2,(H,23,25)(H,24,26)/t17-,18+,21-,22+. The Balaban J connectivity index is 1.49. The minimum absolute atomic E-state index is 0.200. The highest BCUT2D eigenvalue weighted by Gasteiger charge is 2.38. The molecule has 3 rings (SSSR count). The molecule has 148 valence electrons. The minimum Gasteiger partial charge on any atom is -0.388 e. The Hall–Kier alpha value is -2.70. The van der Waals surface area contributed by atoms with E-state index >= 15 is 0 Å². The number of benzene rings is 2. The summed E-state index contributed by atoms with van der Waals surface area (Å²) in [6.07, 6.45) is -0.857. The Morgan fingerprint density at radius 1 is 0.714 bits per heavy atom. The fourth-order valence-electron chi connectivity index (χ4n) is 3.57. The van der Waals surface area contributed by atoms with Crippen molar-refractivity contribution < 1.29 is 19.8 Å². The lowest BCUT2D eigenvalue weighted by Crippen LogP contribution is -2.60. The SMILES string of the molecule is O=C(Cc1ccccc1)N[C@H]1CC[C@@H](NC(=O)Cc2ccccc2)[C@@H](O)[C@H]1O. The van der Waals surface area contributed by atoms with Crippen molar-refractivity contribution in [2.24, 2.45) is 0 Å². The number of nitrogens with one attached hydrogen (secondary N) is 2. The molecule has 2 aromatic carbocycles. The summed E-state index contributed by atoms with van der Waals surface area (Å²) in [6.45, 7) is 0. The number of amides is 2. The van der Waals surface area contributed by atoms with E-state index in [0.29, 0.717) is 12.8 Å². The van der Waals surface area contributed by atoms with Crippen LogP contribution in [0.25, 0.3) is 0 Å². The summed E-state index contributed by atoms with van der Waals surface area (Å²) in [5.74, 6) is -0.400. The van der Waals surface area contributed by atoms with E-state index in [9.17, 15) is 19.8 Å². The molecule has 1 saturated carbocycles. The third-order valence-corrected chi connectivity index (χ3v) is 5.07. The van der Waals surface area contributed by atoms with Crippen molar-refractivity contribution in [3.8, 4) is 0 Å². The third-order valence-electron chi connectivity index (χ3n) is 5.07. The average Bonchev–Trinajstić information content (AvgIpc) is 2.69. The van der Waals surface area contributed by atoms with Crippen LogP contribution in [0.3, 0.4) is 0 Å². The maximum absolute atomic E-state index is 12.2. The molecule has 2 amide bonds. The Labute approximate surface area is 164 Å². The molecule has 0 spiro atoms. The lowest BCUT2D eigenvalue weighted by Gasteiger charge is -2.38. The van der Waals surface area contributed by atoms with Gasteiger partial charge in [-0.2, -0.15) is 0 Å². The van der Waals surface area contributed by atoms with Gasteiger partial charge in [-0.25, -0.2) is 0 Å². The van der Waals surface area contributed by atoms with E-state index < -0.39 is 24.3 Å². The molecule has 1 aliphatic carbocycles. The Morgan fingerprint density at radius 3 is 1.43 bits per heavy atom. The van der Waals surface area contributed by atoms with Crippen molar-refractivity contribution in [3.05, 3.63) is 71.8 Å². The van der Waals surface area contributed by atoms with Crippen LogP contribution in [0.4, 0.5) is 0 Å². The molecule has 4 N–H and O–H groups in total. The molecule has 0 bridgehead atoms. The maximum Gasteiger partial charge on any atom is 0.224 e. The topological polar surface area (TPSA) is 98.7 Å². The summed E-state index contributed by atoms with van der Waals surface area (Å²) in [4.78, 5) is 24.4. The van der Waals surface area contributed by atoms with Crippen molar-refractivity contribution in [2.75, 3.05) is 0 Å². The molecule has 2 aromatic rings. The zero-order valence-corrected chi connectivity index (χ0v) is 15.6. The van der Waals surface area contributed by atoms with Gasteiger partial charge in [-0.15, -0.1) is 0 Å². The molecule has 6 heteroatoms. The van der Waals surface area contributed by atoms with Gasteiger partial charge in [0.05, 0.1) is 24.9 Å². The first-order valence-electron chi connectivity index (χ1n) is 9.55. The van der Waals surface area contributed by atoms with Crippen LogP contribution in [0.5, 0.6) is 0 Å². The van der Waals surface area contributed by atoms with Crippen molar-refractivity contribution in [3.63, 3.8) is 0 Å². The zero-order chi connectivity index (χ0) is 19.9. The second-order valence-corrected chi connectivity index (χ2v) is 7.23. The highest BCUT2D eigenvalue weighted by atomic mass is 16.3. The molecule has 4 atom stereocenters. The fraction of sp³-hybridized carbons (Fsp3) is 0.364. The minimum atomic E-state index is -1.13. The van der Waals surface area contributed by atoms with Crippen molar-refractivity contribution in [1.29, 1.82) is 0 Å². The van der Waals surface area contributed by atoms with Crippen molar-refractivity contribution in [1.82, 2.24) is 10.6 Å². The molecule has 1 aliphatic rings. The van der Waals surface area contributed by atoms with Crippen LogP contribution in [0.1, 0.15) is 24.0 Å². The van der Waals surface area contributed by atoms with Crippen LogP contribution in [-0.4, -0.2) is 46.3 Å². The number of carbonyl (C=O) groups excluding carboxylic acids is 2. The maximum atomic E-state index is 12.2. The summed E-state index contributed by atoms with van der Waals surface area (Å²) >= 11 is 0. The lowest BCUT2D eigenvalue weighted by atomic mass is 9.85. The highest BCUT2D eigenvalue weighted by molar-refractivity contribution is 5.79. The van der Waals surface area contributed by atoms with Crippen molar-refractivity contribution >= 4 is 11.8 Å². The van der Waals surface area contributed by atoms with Crippen LogP contribution in [-0.2, 0) is 22.4 Å². The Bertz CT molecular complexity index is 714. The molecule has 0 heterocycles. The molecule has 0 aliphatic heterocycles. The van der Waals surface area contributed by atoms with E-state index in [0.717, 1.165) is 11.1 Å². The molecule has 0 aromatic heterocycles. The van der Waals surface area contributed by atoms with Crippen LogP contribution >= 0.6 is 0 Å². The third kappa shape index (κ3) is 5.41. The van der Waals surface area contributed by atoms with Gasteiger partial charge in [0.2, 0.25) is 11.8 Å². The van der Waals surface area contributed by atoms with Gasteiger partial charge < -0.3 is 20.8 Å². The summed E-state index contributed by atoms with van der Waals surface area (Å²) in [7, 11) is 0. The van der Waals surface area contributed by atoms with Crippen LogP contribution in [0.15, 0.2) is 60.7 Å². The Kier molecular flexibility index (Phi) is 6.79. The monoisotopic (exact) mass is 382 g/mol. The van der Waals surface area contributed by atoms with E-state index in [-0.39, 0.29) is 24.7 Å². The Morgan fingerprint density at radius 2 is 1.07 bits per heavy atom. The summed E-state index contributed by atoms with van der Waals surface area (Å²) < 4.78 is 0. The first-order chi connectivity index (χ1) is 13.5. The molecule has 0 saturated heterocycles. The number of hydrogen-bond donors (Lipinski definition) is 4. The predicted molar refractivity (Wildman–Crippen MR) is 105 cm³/mol. The molecule has 28 heavy (non-hydrogen) atoms. The number of rotatable bonds is 6. The van der Waals surface area contributed by atoms with E-state index in [1.54, 1.807) is 0 Å². The highest BCUT2D eigenvalue weighted by Crippen LogP contribution is 2.20. The number of carbonyl (C=O) groups is 2.